The van der Waals surface area contributed by atoms with Crippen molar-refractivity contribution in [1.29, 1.82) is 0 Å². The molecule has 0 saturated carbocycles. The van der Waals surface area contributed by atoms with Gasteiger partial charge in [0.05, 0.1) is 0 Å². The number of rotatable bonds is 7. The number of carbonyl (C=O) groups is 2. The zero-order chi connectivity index (χ0) is 12.7. The molecule has 3 nitrogen and oxygen atoms in total. The van der Waals surface area contributed by atoms with E-state index < -0.39 is 11.6 Å². The lowest BCUT2D eigenvalue weighted by Crippen LogP contribution is -2.44. The van der Waals surface area contributed by atoms with Crippen molar-refractivity contribution in [3.63, 3.8) is 0 Å². The smallest absolute Gasteiger partial charge is 0.331 e. The van der Waals surface area contributed by atoms with E-state index in [-0.39, 0.29) is 5.78 Å². The van der Waals surface area contributed by atoms with Gasteiger partial charge in [-0.25, -0.2) is 4.79 Å². The van der Waals surface area contributed by atoms with Crippen LogP contribution < -0.4 is 0 Å². The van der Waals surface area contributed by atoms with Crippen LogP contribution in [0.3, 0.4) is 0 Å². The number of cyclic esters (lactones) is 1. The van der Waals surface area contributed by atoms with E-state index in [9.17, 15) is 9.59 Å². The second kappa shape index (κ2) is 6.18. The minimum absolute atomic E-state index is 0.122. The largest absolute Gasteiger partial charge is 0.447 e. The molecular weight excluding hydrogens is 216 g/mol. The number of ether oxygens (including phenoxy) is 1. The van der Waals surface area contributed by atoms with Crippen molar-refractivity contribution in [2.45, 2.75) is 37.7 Å². The Morgan fingerprint density at radius 2 is 1.82 bits per heavy atom. The minimum Gasteiger partial charge on any atom is -0.447 e. The van der Waals surface area contributed by atoms with Crippen LogP contribution in [-0.4, -0.2) is 17.4 Å². The number of hydrogen-bond acceptors (Lipinski definition) is 3. The van der Waals surface area contributed by atoms with Gasteiger partial charge in [-0.15, -0.1) is 13.2 Å². The lowest BCUT2D eigenvalue weighted by Gasteiger charge is -2.32. The lowest BCUT2D eigenvalue weighted by molar-refractivity contribution is -0.164. The maximum atomic E-state index is 11.9. The van der Waals surface area contributed by atoms with Crippen molar-refractivity contribution in [1.82, 2.24) is 0 Å². The molecule has 0 fully saturated rings. The predicted molar refractivity (Wildman–Crippen MR) is 66.4 cm³/mol. The second-order valence-electron chi connectivity index (χ2n) is 4.12. The van der Waals surface area contributed by atoms with Crippen LogP contribution in [0.2, 0.25) is 0 Å². The summed E-state index contributed by atoms with van der Waals surface area (Å²) in [4.78, 5) is 23.3. The fraction of sp³-hybridized carbons (Fsp3) is 0.429. The molecule has 0 aliphatic carbocycles. The highest BCUT2D eigenvalue weighted by Crippen LogP contribution is 2.30. The highest BCUT2D eigenvalue weighted by molar-refractivity contribution is 6.05. The van der Waals surface area contributed by atoms with Crippen molar-refractivity contribution in [2.75, 3.05) is 0 Å². The van der Waals surface area contributed by atoms with Gasteiger partial charge in [-0.05, 0) is 38.2 Å². The fourth-order valence-corrected chi connectivity index (χ4v) is 1.91. The first-order chi connectivity index (χ1) is 8.14. The molecule has 0 radical (unpaired) electrons. The van der Waals surface area contributed by atoms with Crippen LogP contribution in [0.1, 0.15) is 32.1 Å². The van der Waals surface area contributed by atoms with Gasteiger partial charge in [-0.2, -0.15) is 0 Å². The molecule has 0 aromatic rings. The molecule has 0 aromatic heterocycles. The van der Waals surface area contributed by atoms with Gasteiger partial charge >= 0.3 is 5.97 Å². The molecule has 1 rings (SSSR count). The highest BCUT2D eigenvalue weighted by Gasteiger charge is 2.41. The summed E-state index contributed by atoms with van der Waals surface area (Å²) in [6.07, 6.45) is 9.33. The Hall–Kier alpha value is -1.64. The highest BCUT2D eigenvalue weighted by atomic mass is 16.6. The maximum Gasteiger partial charge on any atom is 0.331 e. The molecule has 1 atom stereocenters. The molecule has 0 bridgehead atoms. The van der Waals surface area contributed by atoms with Gasteiger partial charge in [0, 0.05) is 6.08 Å². The summed E-state index contributed by atoms with van der Waals surface area (Å²) in [5.74, 6) is -0.560. The van der Waals surface area contributed by atoms with Crippen LogP contribution in [0.15, 0.2) is 37.5 Å². The van der Waals surface area contributed by atoms with E-state index in [0.717, 1.165) is 12.8 Å². The molecule has 92 valence electrons. The fourth-order valence-electron chi connectivity index (χ4n) is 1.91. The Bertz CT molecular complexity index is 354. The van der Waals surface area contributed by atoms with Gasteiger partial charge in [0.25, 0.3) is 0 Å². The standard InChI is InChI=1S/C14H18O3/c1-3-5-7-11-14(10-6-4-2)12(15)8-9-13(16)17-14/h3-4,8-9H,1-2,5-7,10-11H2. The lowest BCUT2D eigenvalue weighted by atomic mass is 9.85. The van der Waals surface area contributed by atoms with Crippen LogP contribution in [0.25, 0.3) is 0 Å². The summed E-state index contributed by atoms with van der Waals surface area (Å²) >= 11 is 0. The number of carbonyl (C=O) groups excluding carboxylic acids is 2. The monoisotopic (exact) mass is 234 g/mol. The van der Waals surface area contributed by atoms with Gasteiger partial charge in [-0.1, -0.05) is 12.2 Å². The molecule has 1 unspecified atom stereocenters. The van der Waals surface area contributed by atoms with Crippen molar-refractivity contribution in [3.05, 3.63) is 37.5 Å². The van der Waals surface area contributed by atoms with E-state index in [0.29, 0.717) is 19.3 Å². The van der Waals surface area contributed by atoms with Gasteiger partial charge < -0.3 is 4.74 Å². The average molecular weight is 234 g/mol. The summed E-state index contributed by atoms with van der Waals surface area (Å²) in [6.45, 7) is 7.27. The third-order valence-electron chi connectivity index (χ3n) is 2.86. The van der Waals surface area contributed by atoms with E-state index in [4.69, 9.17) is 4.74 Å². The van der Waals surface area contributed by atoms with Crippen molar-refractivity contribution >= 4 is 11.8 Å². The van der Waals surface area contributed by atoms with Crippen molar-refractivity contribution < 1.29 is 14.3 Å². The van der Waals surface area contributed by atoms with E-state index >= 15 is 0 Å². The quantitative estimate of drug-likeness (QED) is 0.386. The Kier molecular flexibility index (Phi) is 4.88. The first-order valence-electron chi connectivity index (χ1n) is 5.82. The summed E-state index contributed by atoms with van der Waals surface area (Å²) in [5, 5.41) is 0. The van der Waals surface area contributed by atoms with E-state index in [1.165, 1.54) is 12.2 Å². The maximum absolute atomic E-state index is 11.9. The SMILES string of the molecule is C=CCCCC1(CCC=C)OC(=O)C=CC1=O. The summed E-state index contributed by atoms with van der Waals surface area (Å²) in [6, 6.07) is 0. The Balaban J connectivity index is 2.79. The van der Waals surface area contributed by atoms with Gasteiger partial charge in [0.2, 0.25) is 0 Å². The Morgan fingerprint density at radius 1 is 1.12 bits per heavy atom. The number of ketones is 1. The van der Waals surface area contributed by atoms with Crippen LogP contribution in [-0.2, 0) is 14.3 Å². The minimum atomic E-state index is -0.983. The van der Waals surface area contributed by atoms with Gasteiger partial charge in [0.1, 0.15) is 0 Å². The molecule has 0 N–H and O–H groups in total. The molecule has 17 heavy (non-hydrogen) atoms. The molecule has 0 amide bonds. The molecule has 1 heterocycles. The predicted octanol–water partition coefficient (Wildman–Crippen LogP) is 2.73. The van der Waals surface area contributed by atoms with E-state index in [1.807, 2.05) is 0 Å². The van der Waals surface area contributed by atoms with Crippen molar-refractivity contribution in [2.24, 2.45) is 0 Å². The van der Waals surface area contributed by atoms with Crippen molar-refractivity contribution in [3.8, 4) is 0 Å². The summed E-state index contributed by atoms with van der Waals surface area (Å²) in [5.41, 5.74) is -0.983. The number of unbranched alkanes of at least 4 members (excludes halogenated alkanes) is 1. The molecule has 3 heteroatoms. The first kappa shape index (κ1) is 13.4. The topological polar surface area (TPSA) is 43.4 Å². The molecule has 1 aliphatic rings. The molecule has 0 aromatic carbocycles. The first-order valence-corrected chi connectivity index (χ1v) is 5.82. The zero-order valence-corrected chi connectivity index (χ0v) is 9.98. The number of hydrogen-bond donors (Lipinski definition) is 0. The molecular formula is C14H18O3. The van der Waals surface area contributed by atoms with Crippen LogP contribution >= 0.6 is 0 Å². The third-order valence-corrected chi connectivity index (χ3v) is 2.86. The molecule has 1 aliphatic heterocycles. The summed E-state index contributed by atoms with van der Waals surface area (Å²) in [7, 11) is 0. The Labute approximate surface area is 102 Å². The average Bonchev–Trinajstić information content (AvgIpc) is 2.32. The van der Waals surface area contributed by atoms with Crippen LogP contribution in [0, 0.1) is 0 Å². The van der Waals surface area contributed by atoms with Crippen LogP contribution in [0.5, 0.6) is 0 Å². The number of allylic oxidation sites excluding steroid dienone is 2. The second-order valence-corrected chi connectivity index (χ2v) is 4.12. The molecule has 0 spiro atoms. The van der Waals surface area contributed by atoms with Gasteiger partial charge in [0.15, 0.2) is 11.4 Å². The normalized spacial score (nSPS) is 23.3. The van der Waals surface area contributed by atoms with E-state index in [2.05, 4.69) is 13.2 Å². The summed E-state index contributed by atoms with van der Waals surface area (Å²) < 4.78 is 5.28. The number of esters is 1. The zero-order valence-electron chi connectivity index (χ0n) is 9.98. The van der Waals surface area contributed by atoms with E-state index in [1.54, 1.807) is 12.2 Å². The third kappa shape index (κ3) is 3.41. The Morgan fingerprint density at radius 3 is 2.47 bits per heavy atom. The van der Waals surface area contributed by atoms with Gasteiger partial charge in [-0.3, -0.25) is 4.79 Å². The molecule has 0 saturated heterocycles. The van der Waals surface area contributed by atoms with Crippen LogP contribution in [0.4, 0.5) is 0 Å².